The van der Waals surface area contributed by atoms with Crippen LogP contribution in [-0.2, 0) is 4.79 Å². The van der Waals surface area contributed by atoms with Gasteiger partial charge >= 0.3 is 0 Å². The van der Waals surface area contributed by atoms with Crippen molar-refractivity contribution < 1.29 is 13.9 Å². The third-order valence-corrected chi connectivity index (χ3v) is 2.21. The van der Waals surface area contributed by atoms with Crippen molar-refractivity contribution in [1.29, 1.82) is 0 Å². The van der Waals surface area contributed by atoms with Gasteiger partial charge in [-0.25, -0.2) is 4.39 Å². The Kier molecular flexibility index (Phi) is 3.63. The SMILES string of the molecule is CCC(C=O)c1ccc(F)c(OC)c1. The fraction of sp³-hybridized carbons (Fsp3) is 0.364. The van der Waals surface area contributed by atoms with Gasteiger partial charge < -0.3 is 9.53 Å². The van der Waals surface area contributed by atoms with E-state index in [1.165, 1.54) is 13.2 Å². The first-order chi connectivity index (χ1) is 6.72. The van der Waals surface area contributed by atoms with Crippen molar-refractivity contribution in [3.05, 3.63) is 29.6 Å². The van der Waals surface area contributed by atoms with Crippen LogP contribution in [0, 0.1) is 5.82 Å². The van der Waals surface area contributed by atoms with Gasteiger partial charge in [0.25, 0.3) is 0 Å². The Morgan fingerprint density at radius 3 is 2.79 bits per heavy atom. The van der Waals surface area contributed by atoms with E-state index in [9.17, 15) is 9.18 Å². The highest BCUT2D eigenvalue weighted by atomic mass is 19.1. The van der Waals surface area contributed by atoms with Crippen molar-refractivity contribution in [1.82, 2.24) is 0 Å². The predicted octanol–water partition coefficient (Wildman–Crippen LogP) is 2.53. The molecule has 0 saturated heterocycles. The molecule has 0 fully saturated rings. The topological polar surface area (TPSA) is 26.3 Å². The summed E-state index contributed by atoms with van der Waals surface area (Å²) in [6, 6.07) is 4.50. The van der Waals surface area contributed by atoms with E-state index in [0.717, 1.165) is 11.8 Å². The molecular weight excluding hydrogens is 183 g/mol. The number of carbonyl (C=O) groups excluding carboxylic acids is 1. The second-order valence-electron chi connectivity index (χ2n) is 3.04. The number of hydrogen-bond donors (Lipinski definition) is 0. The van der Waals surface area contributed by atoms with Crippen LogP contribution in [0.25, 0.3) is 0 Å². The van der Waals surface area contributed by atoms with E-state index in [2.05, 4.69) is 0 Å². The van der Waals surface area contributed by atoms with Gasteiger partial charge in [0.1, 0.15) is 6.29 Å². The van der Waals surface area contributed by atoms with Gasteiger partial charge in [-0.3, -0.25) is 0 Å². The van der Waals surface area contributed by atoms with Gasteiger partial charge in [0.15, 0.2) is 11.6 Å². The summed E-state index contributed by atoms with van der Waals surface area (Å²) in [6.07, 6.45) is 1.57. The maximum absolute atomic E-state index is 13.0. The quantitative estimate of drug-likeness (QED) is 0.692. The van der Waals surface area contributed by atoms with E-state index >= 15 is 0 Å². The standard InChI is InChI=1S/C11H13FO2/c1-3-8(7-13)9-4-5-10(12)11(6-9)14-2/h4-8H,3H2,1-2H3. The van der Waals surface area contributed by atoms with E-state index in [1.54, 1.807) is 12.1 Å². The molecule has 1 atom stereocenters. The molecule has 0 spiro atoms. The van der Waals surface area contributed by atoms with E-state index in [-0.39, 0.29) is 11.7 Å². The van der Waals surface area contributed by atoms with Crippen LogP contribution in [0.15, 0.2) is 18.2 Å². The number of carbonyl (C=O) groups is 1. The summed E-state index contributed by atoms with van der Waals surface area (Å²) >= 11 is 0. The molecule has 1 aromatic carbocycles. The van der Waals surface area contributed by atoms with Crippen molar-refractivity contribution in [2.45, 2.75) is 19.3 Å². The molecule has 3 heteroatoms. The van der Waals surface area contributed by atoms with Crippen LogP contribution in [0.4, 0.5) is 4.39 Å². The maximum Gasteiger partial charge on any atom is 0.165 e. The van der Waals surface area contributed by atoms with Crippen LogP contribution in [0.5, 0.6) is 5.75 Å². The van der Waals surface area contributed by atoms with Crippen LogP contribution in [0.3, 0.4) is 0 Å². The van der Waals surface area contributed by atoms with Gasteiger partial charge in [0, 0.05) is 5.92 Å². The number of rotatable bonds is 4. The second kappa shape index (κ2) is 4.74. The summed E-state index contributed by atoms with van der Waals surface area (Å²) in [5.41, 5.74) is 0.792. The Labute approximate surface area is 82.7 Å². The molecule has 1 rings (SSSR count). The van der Waals surface area contributed by atoms with E-state index < -0.39 is 5.82 Å². The molecule has 0 amide bonds. The van der Waals surface area contributed by atoms with Gasteiger partial charge in [0.2, 0.25) is 0 Å². The number of halogens is 1. The molecule has 0 aliphatic rings. The van der Waals surface area contributed by atoms with E-state index in [4.69, 9.17) is 4.74 Å². The van der Waals surface area contributed by atoms with Gasteiger partial charge in [-0.05, 0) is 24.1 Å². The molecule has 0 radical (unpaired) electrons. The lowest BCUT2D eigenvalue weighted by atomic mass is 9.98. The van der Waals surface area contributed by atoms with Gasteiger partial charge in [-0.2, -0.15) is 0 Å². The van der Waals surface area contributed by atoms with Gasteiger partial charge in [0.05, 0.1) is 7.11 Å². The Morgan fingerprint density at radius 2 is 2.29 bits per heavy atom. The molecule has 0 bridgehead atoms. The molecule has 1 aromatic rings. The predicted molar refractivity (Wildman–Crippen MR) is 52.0 cm³/mol. The normalized spacial score (nSPS) is 12.2. The minimum absolute atomic E-state index is 0.176. The average Bonchev–Trinajstić information content (AvgIpc) is 2.22. The van der Waals surface area contributed by atoms with Crippen LogP contribution in [0.2, 0.25) is 0 Å². The lowest BCUT2D eigenvalue weighted by Gasteiger charge is -2.09. The minimum Gasteiger partial charge on any atom is -0.494 e. The Morgan fingerprint density at radius 1 is 1.57 bits per heavy atom. The molecule has 0 aliphatic carbocycles. The van der Waals surface area contributed by atoms with Crippen molar-refractivity contribution >= 4 is 6.29 Å². The fourth-order valence-corrected chi connectivity index (χ4v) is 1.32. The number of methoxy groups -OCH3 is 1. The zero-order valence-electron chi connectivity index (χ0n) is 8.29. The molecule has 0 heterocycles. The maximum atomic E-state index is 13.0. The average molecular weight is 196 g/mol. The van der Waals surface area contributed by atoms with Crippen molar-refractivity contribution in [2.24, 2.45) is 0 Å². The van der Waals surface area contributed by atoms with Gasteiger partial charge in [-0.15, -0.1) is 0 Å². The monoisotopic (exact) mass is 196 g/mol. The van der Waals surface area contributed by atoms with Crippen LogP contribution >= 0.6 is 0 Å². The zero-order chi connectivity index (χ0) is 10.6. The van der Waals surface area contributed by atoms with Crippen LogP contribution < -0.4 is 4.74 Å². The molecule has 0 saturated carbocycles. The molecule has 1 unspecified atom stereocenters. The third-order valence-electron chi connectivity index (χ3n) is 2.21. The summed E-state index contributed by atoms with van der Waals surface area (Å²) in [5, 5.41) is 0. The lowest BCUT2D eigenvalue weighted by molar-refractivity contribution is -0.109. The molecular formula is C11H13FO2. The molecule has 0 aromatic heterocycles. The molecule has 0 N–H and O–H groups in total. The summed E-state index contributed by atoms with van der Waals surface area (Å²) < 4.78 is 17.9. The van der Waals surface area contributed by atoms with Crippen molar-refractivity contribution in [3.63, 3.8) is 0 Å². The first-order valence-corrected chi connectivity index (χ1v) is 4.51. The fourth-order valence-electron chi connectivity index (χ4n) is 1.32. The number of benzene rings is 1. The largest absolute Gasteiger partial charge is 0.494 e. The highest BCUT2D eigenvalue weighted by Crippen LogP contribution is 2.24. The van der Waals surface area contributed by atoms with E-state index in [1.807, 2.05) is 6.92 Å². The first kappa shape index (κ1) is 10.7. The molecule has 0 aliphatic heterocycles. The third kappa shape index (κ3) is 2.10. The summed E-state index contributed by atoms with van der Waals surface area (Å²) in [7, 11) is 1.41. The first-order valence-electron chi connectivity index (χ1n) is 4.51. The van der Waals surface area contributed by atoms with Crippen LogP contribution in [0.1, 0.15) is 24.8 Å². The smallest absolute Gasteiger partial charge is 0.165 e. The minimum atomic E-state index is -0.406. The Bertz CT molecular complexity index is 323. The van der Waals surface area contributed by atoms with Crippen molar-refractivity contribution in [2.75, 3.05) is 7.11 Å². The zero-order valence-corrected chi connectivity index (χ0v) is 8.29. The lowest BCUT2D eigenvalue weighted by Crippen LogP contribution is -1.99. The Hall–Kier alpha value is -1.38. The molecule has 76 valence electrons. The molecule has 14 heavy (non-hydrogen) atoms. The van der Waals surface area contributed by atoms with Crippen molar-refractivity contribution in [3.8, 4) is 5.75 Å². The molecule has 2 nitrogen and oxygen atoms in total. The summed E-state index contributed by atoms with van der Waals surface area (Å²) in [4.78, 5) is 10.7. The number of hydrogen-bond acceptors (Lipinski definition) is 2. The van der Waals surface area contributed by atoms with Crippen LogP contribution in [-0.4, -0.2) is 13.4 Å². The highest BCUT2D eigenvalue weighted by Gasteiger charge is 2.10. The number of ether oxygens (including phenoxy) is 1. The summed E-state index contributed by atoms with van der Waals surface area (Å²) in [5.74, 6) is -0.399. The summed E-state index contributed by atoms with van der Waals surface area (Å²) in [6.45, 7) is 1.91. The second-order valence-corrected chi connectivity index (χ2v) is 3.04. The number of aldehydes is 1. The van der Waals surface area contributed by atoms with E-state index in [0.29, 0.717) is 6.42 Å². The highest BCUT2D eigenvalue weighted by molar-refractivity contribution is 5.62. The van der Waals surface area contributed by atoms with Gasteiger partial charge in [-0.1, -0.05) is 13.0 Å². The Balaban J connectivity index is 3.04.